The molecule has 1 aromatic rings. The van der Waals surface area contributed by atoms with Crippen LogP contribution in [0.15, 0.2) is 55.6 Å². The van der Waals surface area contributed by atoms with Gasteiger partial charge in [-0.15, -0.1) is 0 Å². The molecule has 2 heteroatoms. The molecule has 0 aliphatic heterocycles. The summed E-state index contributed by atoms with van der Waals surface area (Å²) in [5, 5.41) is 0. The van der Waals surface area contributed by atoms with Gasteiger partial charge in [0.25, 0.3) is 0 Å². The van der Waals surface area contributed by atoms with Crippen LogP contribution in [0.2, 0.25) is 13.3 Å². The number of hydrogen-bond donors (Lipinski definition) is 0. The predicted octanol–water partition coefficient (Wildman–Crippen LogP) is 8.01. The van der Waals surface area contributed by atoms with Crippen molar-refractivity contribution in [3.63, 3.8) is 0 Å². The van der Waals surface area contributed by atoms with E-state index < -0.39 is 18.4 Å². The number of benzene rings is 1. The number of nitrogens with zero attached hydrogens (tertiary/aromatic N) is 1. The molecule has 1 nitrogen and oxygen atoms in total. The third-order valence-electron chi connectivity index (χ3n) is 6.10. The summed E-state index contributed by atoms with van der Waals surface area (Å²) in [6.07, 6.45) is 13.6. The quantitative estimate of drug-likeness (QED) is 0.158. The Morgan fingerprint density at radius 3 is 1.86 bits per heavy atom. The normalized spacial score (nSPS) is 12.9. The van der Waals surface area contributed by atoms with Gasteiger partial charge < -0.3 is 0 Å². The second-order valence-electron chi connectivity index (χ2n) is 8.53. The van der Waals surface area contributed by atoms with Gasteiger partial charge in [0, 0.05) is 0 Å². The first-order valence-electron chi connectivity index (χ1n) is 11.7. The second-order valence-corrected chi connectivity index (χ2v) is 22.3. The van der Waals surface area contributed by atoms with E-state index in [0.29, 0.717) is 6.04 Å². The molecule has 0 aromatic heterocycles. The summed E-state index contributed by atoms with van der Waals surface area (Å²) in [6.45, 7) is 16.4. The van der Waals surface area contributed by atoms with Gasteiger partial charge in [-0.3, -0.25) is 0 Å². The van der Waals surface area contributed by atoms with E-state index >= 15 is 0 Å². The molecule has 0 saturated carbocycles. The van der Waals surface area contributed by atoms with Crippen LogP contribution in [-0.2, 0) is 6.54 Å². The summed E-state index contributed by atoms with van der Waals surface area (Å²) in [7, 11) is 0. The van der Waals surface area contributed by atoms with Crippen LogP contribution in [0.1, 0.15) is 71.3 Å². The van der Waals surface area contributed by atoms with Crippen LogP contribution in [-0.4, -0.2) is 33.9 Å². The van der Waals surface area contributed by atoms with Crippen molar-refractivity contribution in [2.45, 2.75) is 91.6 Å². The van der Waals surface area contributed by atoms with Crippen LogP contribution in [0, 0.1) is 0 Å². The van der Waals surface area contributed by atoms with E-state index in [4.69, 9.17) is 0 Å². The molecule has 0 amide bonds. The number of hydrogen-bond acceptors (Lipinski definition) is 1. The van der Waals surface area contributed by atoms with Crippen molar-refractivity contribution in [1.29, 1.82) is 0 Å². The molecule has 0 fully saturated rings. The predicted molar refractivity (Wildman–Crippen MR) is 131 cm³/mol. The fourth-order valence-electron chi connectivity index (χ4n) is 4.37. The Bertz CT molecular complexity index is 503. The molecule has 0 spiro atoms. The maximum absolute atomic E-state index is 4.19. The minimum absolute atomic E-state index is 0.415. The monoisotopic (exact) mass is 491 g/mol. The average molecular weight is 490 g/mol. The summed E-state index contributed by atoms with van der Waals surface area (Å²) in [4.78, 5) is 2.78. The summed E-state index contributed by atoms with van der Waals surface area (Å²) >= 11 is -2.25. The van der Waals surface area contributed by atoms with E-state index in [1.807, 2.05) is 0 Å². The van der Waals surface area contributed by atoms with Gasteiger partial charge in [0.05, 0.1) is 0 Å². The Balaban J connectivity index is 3.14. The first kappa shape index (κ1) is 25.5. The molecule has 0 saturated heterocycles. The van der Waals surface area contributed by atoms with E-state index in [-0.39, 0.29) is 0 Å². The third-order valence-corrected chi connectivity index (χ3v) is 21.3. The van der Waals surface area contributed by atoms with Crippen molar-refractivity contribution < 1.29 is 0 Å². The van der Waals surface area contributed by atoms with Gasteiger partial charge >= 0.3 is 181 Å². The second kappa shape index (κ2) is 15.3. The standard InChI is InChI=1S/C14H18N.3C4H9.Sn/c1-4-9-14(5-2)15(3)12-13-10-7-6-8-11-13;3*1-3-4-2;/h4-8,10-11,14H,1-3,9,12H2;3*1,3-4H2,2H3;. The first-order chi connectivity index (χ1) is 13.6. The number of unbranched alkanes of at least 4 members (excludes halogenated alkanes) is 3. The van der Waals surface area contributed by atoms with Crippen LogP contribution in [0.25, 0.3) is 0 Å². The van der Waals surface area contributed by atoms with E-state index in [1.165, 1.54) is 48.6 Å². The first-order valence-corrected chi connectivity index (χ1v) is 19.7. The van der Waals surface area contributed by atoms with Gasteiger partial charge in [-0.05, 0) is 0 Å². The zero-order valence-corrected chi connectivity index (χ0v) is 21.8. The van der Waals surface area contributed by atoms with Gasteiger partial charge in [-0.2, -0.15) is 0 Å². The van der Waals surface area contributed by atoms with Crippen molar-refractivity contribution >= 4 is 18.4 Å². The Morgan fingerprint density at radius 1 is 0.893 bits per heavy atom. The topological polar surface area (TPSA) is 3.24 Å². The average Bonchev–Trinajstić information content (AvgIpc) is 2.73. The van der Waals surface area contributed by atoms with E-state index in [1.54, 1.807) is 13.3 Å². The fraction of sp³-hybridized carbons (Fsp3) is 0.615. The van der Waals surface area contributed by atoms with Gasteiger partial charge in [0.15, 0.2) is 0 Å². The Kier molecular flexibility index (Phi) is 13.9. The van der Waals surface area contributed by atoms with Crippen molar-refractivity contribution in [2.75, 3.05) is 4.56 Å². The Labute approximate surface area is 180 Å². The van der Waals surface area contributed by atoms with Gasteiger partial charge in [0.2, 0.25) is 0 Å². The van der Waals surface area contributed by atoms with Gasteiger partial charge in [0.1, 0.15) is 0 Å². The van der Waals surface area contributed by atoms with Crippen molar-refractivity contribution in [2.24, 2.45) is 0 Å². The molecule has 0 heterocycles. The van der Waals surface area contributed by atoms with Crippen LogP contribution < -0.4 is 0 Å². The van der Waals surface area contributed by atoms with Gasteiger partial charge in [-0.25, -0.2) is 0 Å². The van der Waals surface area contributed by atoms with Crippen molar-refractivity contribution in [3.05, 3.63) is 61.2 Å². The van der Waals surface area contributed by atoms with Crippen LogP contribution in [0.4, 0.5) is 0 Å². The molecule has 1 unspecified atom stereocenters. The molecule has 0 aliphatic carbocycles. The molecule has 0 bridgehead atoms. The van der Waals surface area contributed by atoms with Crippen LogP contribution in [0.5, 0.6) is 0 Å². The molecule has 158 valence electrons. The summed E-state index contributed by atoms with van der Waals surface area (Å²) in [6, 6.07) is 11.4. The summed E-state index contributed by atoms with van der Waals surface area (Å²) < 4.78 is 6.07. The molecule has 0 aliphatic rings. The fourth-order valence-corrected chi connectivity index (χ4v) is 20.8. The Morgan fingerprint density at radius 2 is 1.43 bits per heavy atom. The molecule has 0 N–H and O–H groups in total. The van der Waals surface area contributed by atoms with Crippen LogP contribution in [0.3, 0.4) is 0 Å². The zero-order valence-electron chi connectivity index (χ0n) is 19.0. The molecule has 1 atom stereocenters. The van der Waals surface area contributed by atoms with E-state index in [2.05, 4.69) is 81.3 Å². The maximum atomic E-state index is 4.19. The van der Waals surface area contributed by atoms with E-state index in [9.17, 15) is 0 Å². The summed E-state index contributed by atoms with van der Waals surface area (Å²) in [5.74, 6) is 0. The van der Waals surface area contributed by atoms with E-state index in [0.717, 1.165) is 13.0 Å². The third kappa shape index (κ3) is 9.30. The molecular weight excluding hydrogens is 445 g/mol. The zero-order chi connectivity index (χ0) is 20.7. The molecule has 1 aromatic carbocycles. The molecule has 28 heavy (non-hydrogen) atoms. The Hall–Kier alpha value is -0.541. The van der Waals surface area contributed by atoms with Crippen molar-refractivity contribution in [3.8, 4) is 0 Å². The number of rotatable bonds is 17. The van der Waals surface area contributed by atoms with Crippen molar-refractivity contribution in [1.82, 2.24) is 4.90 Å². The molecular formula is C26H45NSn. The SMILES string of the molecule is C=CCC(C=C)N(Cc1ccccc1)[CH2][Sn]([CH2]CCC)([CH2]CCC)[CH2]CCC. The molecule has 1 rings (SSSR count). The van der Waals surface area contributed by atoms with Gasteiger partial charge in [-0.1, -0.05) is 0 Å². The van der Waals surface area contributed by atoms with Crippen LogP contribution >= 0.6 is 0 Å². The summed E-state index contributed by atoms with van der Waals surface area (Å²) in [5.41, 5.74) is 1.43. The minimum atomic E-state index is -2.25. The molecule has 0 radical (unpaired) electrons.